The zero-order valence-corrected chi connectivity index (χ0v) is 12.8. The number of ether oxygens (including phenoxy) is 1. The van der Waals surface area contributed by atoms with Crippen molar-refractivity contribution in [1.82, 2.24) is 4.98 Å². The van der Waals surface area contributed by atoms with Gasteiger partial charge in [-0.15, -0.1) is 0 Å². The maximum Gasteiger partial charge on any atom is 0.298 e. The van der Waals surface area contributed by atoms with Gasteiger partial charge in [-0.05, 0) is 31.0 Å². The lowest BCUT2D eigenvalue weighted by Crippen LogP contribution is -2.39. The summed E-state index contributed by atoms with van der Waals surface area (Å²) in [6.45, 7) is 8.77. The second-order valence-electron chi connectivity index (χ2n) is 6.37. The molecule has 1 fully saturated rings. The summed E-state index contributed by atoms with van der Waals surface area (Å²) in [6, 6.07) is 4.75. The van der Waals surface area contributed by atoms with E-state index in [9.17, 15) is 5.11 Å². The fraction of sp³-hybridized carbons (Fsp3) is 0.562. The molecule has 1 aromatic heterocycles. The molecule has 3 rings (SSSR count). The predicted molar refractivity (Wildman–Crippen MR) is 81.7 cm³/mol. The van der Waals surface area contributed by atoms with Crippen LogP contribution in [0.4, 0.5) is 6.01 Å². The Hall–Kier alpha value is -1.59. The van der Waals surface area contributed by atoms with Crippen LogP contribution < -0.4 is 4.90 Å². The summed E-state index contributed by atoms with van der Waals surface area (Å²) in [6.07, 6.45) is 0. The van der Waals surface area contributed by atoms with E-state index in [-0.39, 0.29) is 12.0 Å². The van der Waals surface area contributed by atoms with Crippen molar-refractivity contribution in [3.8, 4) is 0 Å². The van der Waals surface area contributed by atoms with E-state index < -0.39 is 0 Å². The molecular weight excluding hydrogens is 268 g/mol. The number of hydrogen-bond acceptors (Lipinski definition) is 5. The lowest BCUT2D eigenvalue weighted by Gasteiger charge is -2.29. The van der Waals surface area contributed by atoms with Gasteiger partial charge < -0.3 is 19.2 Å². The number of nitrogens with zero attached hydrogens (tertiary/aromatic N) is 2. The molecule has 5 nitrogen and oxygen atoms in total. The van der Waals surface area contributed by atoms with Crippen molar-refractivity contribution < 1.29 is 14.3 Å². The lowest BCUT2D eigenvalue weighted by molar-refractivity contribution is 0.0406. The average Bonchev–Trinajstić information content (AvgIpc) is 2.76. The minimum atomic E-state index is -0.290. The third-order valence-electron chi connectivity index (χ3n) is 3.99. The van der Waals surface area contributed by atoms with Crippen molar-refractivity contribution in [1.29, 1.82) is 0 Å². The molecular formula is C16H22N2O3. The van der Waals surface area contributed by atoms with Gasteiger partial charge in [0.1, 0.15) is 5.52 Å². The Morgan fingerprint density at radius 3 is 2.95 bits per heavy atom. The van der Waals surface area contributed by atoms with E-state index >= 15 is 0 Å². The summed E-state index contributed by atoms with van der Waals surface area (Å²) in [5.74, 6) is 0. The zero-order valence-electron chi connectivity index (χ0n) is 12.8. The van der Waals surface area contributed by atoms with Gasteiger partial charge in [0.05, 0.1) is 19.8 Å². The fourth-order valence-corrected chi connectivity index (χ4v) is 2.84. The number of fused-ring (bicyclic) bond motifs is 1. The van der Waals surface area contributed by atoms with Gasteiger partial charge in [0, 0.05) is 18.5 Å². The summed E-state index contributed by atoms with van der Waals surface area (Å²) in [5, 5.41) is 9.60. The Kier molecular flexibility index (Phi) is 3.63. The van der Waals surface area contributed by atoms with Gasteiger partial charge in [-0.3, -0.25) is 0 Å². The molecule has 0 saturated carbocycles. The molecule has 2 aromatic rings. The van der Waals surface area contributed by atoms with Crippen molar-refractivity contribution >= 4 is 17.1 Å². The number of anilines is 1. The standard InChI is InChI=1S/C16H22N2O3/c1-11-6-12(2)14-13(7-11)17-15(21-14)18-4-5-20-10-16(3,8-18)9-19/h6-7,19H,4-5,8-10H2,1-3H3. The van der Waals surface area contributed by atoms with E-state index in [0.29, 0.717) is 25.8 Å². The van der Waals surface area contributed by atoms with Gasteiger partial charge in [-0.2, -0.15) is 4.98 Å². The molecule has 0 bridgehead atoms. The molecule has 2 heterocycles. The first-order chi connectivity index (χ1) is 10.0. The predicted octanol–water partition coefficient (Wildman–Crippen LogP) is 2.28. The summed E-state index contributed by atoms with van der Waals surface area (Å²) >= 11 is 0. The number of oxazole rings is 1. The first-order valence-corrected chi connectivity index (χ1v) is 7.32. The molecule has 1 atom stereocenters. The second-order valence-corrected chi connectivity index (χ2v) is 6.37. The van der Waals surface area contributed by atoms with Crippen LogP contribution in [0.2, 0.25) is 0 Å². The molecule has 1 aliphatic rings. The summed E-state index contributed by atoms with van der Waals surface area (Å²) in [5.41, 5.74) is 3.71. The van der Waals surface area contributed by atoms with Gasteiger partial charge in [0.15, 0.2) is 5.58 Å². The highest BCUT2D eigenvalue weighted by molar-refractivity contribution is 5.78. The number of aryl methyl sites for hydroxylation is 2. The van der Waals surface area contributed by atoms with Crippen molar-refractivity contribution in [3.63, 3.8) is 0 Å². The Morgan fingerprint density at radius 2 is 2.19 bits per heavy atom. The van der Waals surface area contributed by atoms with Crippen LogP contribution in [0.5, 0.6) is 0 Å². The normalized spacial score (nSPS) is 23.5. The quantitative estimate of drug-likeness (QED) is 0.919. The minimum absolute atomic E-state index is 0.0852. The molecule has 1 saturated heterocycles. The van der Waals surface area contributed by atoms with E-state index in [1.54, 1.807) is 0 Å². The monoisotopic (exact) mass is 290 g/mol. The van der Waals surface area contributed by atoms with Crippen molar-refractivity contribution in [2.45, 2.75) is 20.8 Å². The molecule has 0 amide bonds. The number of aliphatic hydroxyl groups excluding tert-OH is 1. The van der Waals surface area contributed by atoms with Gasteiger partial charge in [0.2, 0.25) is 0 Å². The molecule has 1 unspecified atom stereocenters. The maximum atomic E-state index is 9.60. The van der Waals surface area contributed by atoms with Crippen LogP contribution in [-0.2, 0) is 4.74 Å². The Labute approximate surface area is 124 Å². The van der Waals surface area contributed by atoms with E-state index in [4.69, 9.17) is 9.15 Å². The van der Waals surface area contributed by atoms with Crippen LogP contribution in [0.25, 0.3) is 11.1 Å². The molecule has 21 heavy (non-hydrogen) atoms. The topological polar surface area (TPSA) is 58.7 Å². The van der Waals surface area contributed by atoms with Crippen LogP contribution in [0, 0.1) is 19.3 Å². The summed E-state index contributed by atoms with van der Waals surface area (Å²) in [7, 11) is 0. The molecule has 0 spiro atoms. The van der Waals surface area contributed by atoms with Crippen LogP contribution >= 0.6 is 0 Å². The summed E-state index contributed by atoms with van der Waals surface area (Å²) < 4.78 is 11.6. The highest BCUT2D eigenvalue weighted by atomic mass is 16.5. The number of benzene rings is 1. The number of rotatable bonds is 2. The first kappa shape index (κ1) is 14.4. The number of hydrogen-bond donors (Lipinski definition) is 1. The van der Waals surface area contributed by atoms with Crippen LogP contribution in [0.3, 0.4) is 0 Å². The van der Waals surface area contributed by atoms with Gasteiger partial charge in [-0.25, -0.2) is 0 Å². The average molecular weight is 290 g/mol. The van der Waals surface area contributed by atoms with E-state index in [1.165, 1.54) is 5.56 Å². The largest absolute Gasteiger partial charge is 0.423 e. The van der Waals surface area contributed by atoms with Crippen molar-refractivity contribution in [2.75, 3.05) is 37.8 Å². The summed E-state index contributed by atoms with van der Waals surface area (Å²) in [4.78, 5) is 6.69. The first-order valence-electron chi connectivity index (χ1n) is 7.32. The highest BCUT2D eigenvalue weighted by Gasteiger charge is 2.31. The maximum absolute atomic E-state index is 9.60. The van der Waals surface area contributed by atoms with Crippen LogP contribution in [0.1, 0.15) is 18.1 Å². The molecule has 1 N–H and O–H groups in total. The molecule has 1 aliphatic heterocycles. The third kappa shape index (κ3) is 2.76. The highest BCUT2D eigenvalue weighted by Crippen LogP contribution is 2.29. The SMILES string of the molecule is Cc1cc(C)c2oc(N3CCOCC(C)(CO)C3)nc2c1. The molecule has 114 valence electrons. The van der Waals surface area contributed by atoms with Crippen LogP contribution in [-0.4, -0.2) is 43.0 Å². The zero-order chi connectivity index (χ0) is 15.0. The Bertz CT molecular complexity index is 652. The van der Waals surface area contributed by atoms with Gasteiger partial charge in [0.25, 0.3) is 6.01 Å². The number of aliphatic hydroxyl groups is 1. The molecule has 1 aromatic carbocycles. The van der Waals surface area contributed by atoms with Gasteiger partial charge in [-0.1, -0.05) is 13.0 Å². The third-order valence-corrected chi connectivity index (χ3v) is 3.99. The van der Waals surface area contributed by atoms with Crippen molar-refractivity contribution in [2.24, 2.45) is 5.41 Å². The second kappa shape index (κ2) is 5.31. The van der Waals surface area contributed by atoms with E-state index in [0.717, 1.165) is 23.2 Å². The molecule has 0 radical (unpaired) electrons. The van der Waals surface area contributed by atoms with Crippen LogP contribution in [0.15, 0.2) is 16.5 Å². The fourth-order valence-electron chi connectivity index (χ4n) is 2.84. The van der Waals surface area contributed by atoms with Crippen molar-refractivity contribution in [3.05, 3.63) is 23.3 Å². The Balaban J connectivity index is 1.97. The Morgan fingerprint density at radius 1 is 1.38 bits per heavy atom. The molecule has 5 heteroatoms. The smallest absolute Gasteiger partial charge is 0.298 e. The van der Waals surface area contributed by atoms with E-state index in [1.807, 2.05) is 19.9 Å². The van der Waals surface area contributed by atoms with Gasteiger partial charge >= 0.3 is 0 Å². The number of aromatic nitrogens is 1. The van der Waals surface area contributed by atoms with E-state index in [2.05, 4.69) is 22.9 Å². The minimum Gasteiger partial charge on any atom is -0.423 e. The molecule has 0 aliphatic carbocycles. The lowest BCUT2D eigenvalue weighted by atomic mass is 9.93.